The molecule has 6 nitrogen and oxygen atoms in total. The van der Waals surface area contributed by atoms with E-state index in [2.05, 4.69) is 0 Å². The normalized spacial score (nSPS) is 12.5. The van der Waals surface area contributed by atoms with Gasteiger partial charge in [0.05, 0.1) is 24.3 Å². The third-order valence-electron chi connectivity index (χ3n) is 5.04. The summed E-state index contributed by atoms with van der Waals surface area (Å²) >= 11 is 1.53. The number of likely N-dealkylation sites (N-methyl/N-ethyl adjacent to an activating group) is 1. The second-order valence-electron chi connectivity index (χ2n) is 7.10. The van der Waals surface area contributed by atoms with Crippen LogP contribution in [0, 0.1) is 0 Å². The number of aromatic nitrogens is 1. The Balaban J connectivity index is 1.47. The van der Waals surface area contributed by atoms with E-state index in [4.69, 9.17) is 19.2 Å². The summed E-state index contributed by atoms with van der Waals surface area (Å²) in [5, 5.41) is 2.81. The summed E-state index contributed by atoms with van der Waals surface area (Å²) in [6, 6.07) is 13.7. The number of para-hydroxylation sites is 2. The summed E-state index contributed by atoms with van der Waals surface area (Å²) in [5.41, 5.74) is 2.68. The van der Waals surface area contributed by atoms with E-state index in [1.54, 1.807) is 0 Å². The highest BCUT2D eigenvalue weighted by Gasteiger charge is 2.21. The summed E-state index contributed by atoms with van der Waals surface area (Å²) in [5.74, 6) is 2.32. The minimum Gasteiger partial charge on any atom is -0.493 e. The summed E-state index contributed by atoms with van der Waals surface area (Å²) in [6.45, 7) is 6.69. The molecule has 1 amide bonds. The van der Waals surface area contributed by atoms with Crippen molar-refractivity contribution < 1.29 is 19.0 Å². The fourth-order valence-electron chi connectivity index (χ4n) is 3.54. The van der Waals surface area contributed by atoms with Gasteiger partial charge in [0.2, 0.25) is 5.91 Å². The average Bonchev–Trinajstić information content (AvgIpc) is 3.26. The number of carbonyl (C=O) groups excluding carboxylic acids is 1. The van der Waals surface area contributed by atoms with Crippen LogP contribution in [0.5, 0.6) is 17.2 Å². The molecule has 0 aliphatic carbocycles. The number of carbonyl (C=O) groups is 1. The van der Waals surface area contributed by atoms with Crippen LogP contribution in [-0.4, -0.2) is 42.2 Å². The first kappa shape index (κ1) is 21.2. The maximum atomic E-state index is 13.0. The number of amides is 1. The van der Waals surface area contributed by atoms with Crippen molar-refractivity contribution >= 4 is 17.2 Å². The monoisotopic (exact) mass is 438 g/mol. The highest BCUT2D eigenvalue weighted by Crippen LogP contribution is 2.35. The molecule has 1 aromatic heterocycles. The fourth-order valence-corrected chi connectivity index (χ4v) is 4.39. The Morgan fingerprint density at radius 2 is 1.97 bits per heavy atom. The van der Waals surface area contributed by atoms with Gasteiger partial charge in [-0.3, -0.25) is 4.79 Å². The number of hydrogen-bond acceptors (Lipinski definition) is 6. The van der Waals surface area contributed by atoms with Gasteiger partial charge in [-0.15, -0.1) is 11.3 Å². The molecule has 0 bridgehead atoms. The molecule has 2 heterocycles. The lowest BCUT2D eigenvalue weighted by Crippen LogP contribution is -2.32. The van der Waals surface area contributed by atoms with Gasteiger partial charge in [-0.05, 0) is 32.0 Å². The molecule has 0 fully saturated rings. The zero-order valence-electron chi connectivity index (χ0n) is 17.8. The van der Waals surface area contributed by atoms with E-state index < -0.39 is 0 Å². The van der Waals surface area contributed by atoms with Crippen molar-refractivity contribution in [3.63, 3.8) is 0 Å². The van der Waals surface area contributed by atoms with Gasteiger partial charge in [-0.1, -0.05) is 24.3 Å². The van der Waals surface area contributed by atoms with Crippen LogP contribution in [0.4, 0.5) is 0 Å². The van der Waals surface area contributed by atoms with Crippen molar-refractivity contribution in [2.24, 2.45) is 0 Å². The third-order valence-corrected chi connectivity index (χ3v) is 5.97. The first-order valence-corrected chi connectivity index (χ1v) is 11.4. The Morgan fingerprint density at radius 3 is 2.81 bits per heavy atom. The molecule has 0 N–H and O–H groups in total. The molecule has 0 radical (unpaired) electrons. The molecule has 7 heteroatoms. The molecule has 4 rings (SSSR count). The molecule has 0 unspecified atom stereocenters. The smallest absolute Gasteiger partial charge is 0.228 e. The molecular formula is C24H26N2O4S. The lowest BCUT2D eigenvalue weighted by Gasteiger charge is -2.25. The largest absolute Gasteiger partial charge is 0.493 e. The Kier molecular flexibility index (Phi) is 6.72. The van der Waals surface area contributed by atoms with Crippen molar-refractivity contribution in [2.45, 2.75) is 26.8 Å². The highest BCUT2D eigenvalue weighted by molar-refractivity contribution is 7.13. The number of fused-ring (bicyclic) bond motifs is 1. The molecule has 1 aliphatic rings. The van der Waals surface area contributed by atoms with Crippen LogP contribution in [0.1, 0.15) is 25.1 Å². The molecule has 0 saturated carbocycles. The molecule has 3 aromatic rings. The van der Waals surface area contributed by atoms with Gasteiger partial charge in [0, 0.05) is 24.0 Å². The SMILES string of the molecule is CCOc1ccccc1-c1nc(CC(=O)N(CC)Cc2cccc3c2OCCO3)cs1. The van der Waals surface area contributed by atoms with Crippen LogP contribution >= 0.6 is 11.3 Å². The van der Waals surface area contributed by atoms with E-state index >= 15 is 0 Å². The number of ether oxygens (including phenoxy) is 3. The average molecular weight is 439 g/mol. The van der Waals surface area contributed by atoms with Crippen LogP contribution in [0.15, 0.2) is 47.8 Å². The van der Waals surface area contributed by atoms with Crippen LogP contribution in [-0.2, 0) is 17.8 Å². The Hall–Kier alpha value is -3.06. The van der Waals surface area contributed by atoms with Crippen LogP contribution in [0.25, 0.3) is 10.6 Å². The molecular weight excluding hydrogens is 412 g/mol. The molecule has 162 valence electrons. The van der Waals surface area contributed by atoms with Gasteiger partial charge >= 0.3 is 0 Å². The van der Waals surface area contributed by atoms with E-state index in [1.165, 1.54) is 11.3 Å². The number of rotatable bonds is 8. The summed E-state index contributed by atoms with van der Waals surface area (Å²) in [7, 11) is 0. The van der Waals surface area contributed by atoms with E-state index in [1.807, 2.05) is 66.6 Å². The summed E-state index contributed by atoms with van der Waals surface area (Å²) < 4.78 is 17.2. The summed E-state index contributed by atoms with van der Waals surface area (Å²) in [4.78, 5) is 19.5. The predicted octanol–water partition coefficient (Wildman–Crippen LogP) is 4.57. The Morgan fingerprint density at radius 1 is 1.13 bits per heavy atom. The lowest BCUT2D eigenvalue weighted by atomic mass is 10.1. The van der Waals surface area contributed by atoms with E-state index in [0.717, 1.165) is 39.1 Å². The number of nitrogens with zero attached hydrogens (tertiary/aromatic N) is 2. The third kappa shape index (κ3) is 4.82. The second-order valence-corrected chi connectivity index (χ2v) is 7.96. The van der Waals surface area contributed by atoms with Gasteiger partial charge in [-0.2, -0.15) is 0 Å². The molecule has 0 saturated heterocycles. The molecule has 1 aliphatic heterocycles. The van der Waals surface area contributed by atoms with Crippen molar-refractivity contribution in [3.05, 3.63) is 59.1 Å². The molecule has 31 heavy (non-hydrogen) atoms. The predicted molar refractivity (Wildman–Crippen MR) is 121 cm³/mol. The van der Waals surface area contributed by atoms with Crippen molar-refractivity contribution in [3.8, 4) is 27.8 Å². The van der Waals surface area contributed by atoms with Crippen molar-refractivity contribution in [1.29, 1.82) is 0 Å². The minimum atomic E-state index is 0.0341. The van der Waals surface area contributed by atoms with E-state index in [-0.39, 0.29) is 12.3 Å². The maximum Gasteiger partial charge on any atom is 0.228 e. The topological polar surface area (TPSA) is 60.9 Å². The highest BCUT2D eigenvalue weighted by atomic mass is 32.1. The van der Waals surface area contributed by atoms with Gasteiger partial charge in [0.15, 0.2) is 11.5 Å². The molecule has 2 aromatic carbocycles. The molecule has 0 atom stereocenters. The van der Waals surface area contributed by atoms with E-state index in [0.29, 0.717) is 32.9 Å². The van der Waals surface area contributed by atoms with Gasteiger partial charge in [-0.25, -0.2) is 4.98 Å². The van der Waals surface area contributed by atoms with Gasteiger partial charge in [0.1, 0.15) is 24.0 Å². The minimum absolute atomic E-state index is 0.0341. The van der Waals surface area contributed by atoms with Crippen LogP contribution in [0.3, 0.4) is 0 Å². The number of benzene rings is 2. The zero-order chi connectivity index (χ0) is 21.6. The molecule has 0 spiro atoms. The van der Waals surface area contributed by atoms with Crippen molar-refractivity contribution in [2.75, 3.05) is 26.4 Å². The maximum absolute atomic E-state index is 13.0. The Bertz CT molecular complexity index is 1050. The zero-order valence-corrected chi connectivity index (χ0v) is 18.6. The fraction of sp³-hybridized carbons (Fsp3) is 0.333. The van der Waals surface area contributed by atoms with Gasteiger partial charge in [0.25, 0.3) is 0 Å². The van der Waals surface area contributed by atoms with Crippen LogP contribution < -0.4 is 14.2 Å². The number of hydrogen-bond donors (Lipinski definition) is 0. The first-order valence-electron chi connectivity index (χ1n) is 10.5. The Labute approximate surface area is 186 Å². The van der Waals surface area contributed by atoms with Gasteiger partial charge < -0.3 is 19.1 Å². The second kappa shape index (κ2) is 9.83. The van der Waals surface area contributed by atoms with Crippen LogP contribution in [0.2, 0.25) is 0 Å². The lowest BCUT2D eigenvalue weighted by molar-refractivity contribution is -0.130. The van der Waals surface area contributed by atoms with Crippen molar-refractivity contribution in [1.82, 2.24) is 9.88 Å². The first-order chi connectivity index (χ1) is 15.2. The van der Waals surface area contributed by atoms with E-state index in [9.17, 15) is 4.79 Å². The summed E-state index contributed by atoms with van der Waals surface area (Å²) in [6.07, 6.45) is 0.257. The number of thiazole rings is 1. The standard InChI is InChI=1S/C24H26N2O4S/c1-3-26(15-17-8-7-11-21-23(17)30-13-12-29-21)22(27)14-18-16-31-24(25-18)19-9-5-6-10-20(19)28-4-2/h5-11,16H,3-4,12-15H2,1-2H3. The quantitative estimate of drug-likeness (QED) is 0.516.